The van der Waals surface area contributed by atoms with Gasteiger partial charge in [0.2, 0.25) is 5.91 Å². The summed E-state index contributed by atoms with van der Waals surface area (Å²) in [5.74, 6) is 0.441. The summed E-state index contributed by atoms with van der Waals surface area (Å²) >= 11 is 0. The van der Waals surface area contributed by atoms with Crippen LogP contribution < -0.4 is 0 Å². The molecule has 118 valence electrons. The van der Waals surface area contributed by atoms with Crippen LogP contribution in [0.2, 0.25) is 0 Å². The number of benzene rings is 1. The standard InChI is InChI=1S/C18H25N3O/c1-6-16(18(22)20(4)5)21-12-15(13(2)3)17(19-21)14-10-8-7-9-11-14/h7-13,16H,6H2,1-5H3/t16-/m0/s1. The van der Waals surface area contributed by atoms with Crippen molar-refractivity contribution in [2.24, 2.45) is 0 Å². The first-order valence-corrected chi connectivity index (χ1v) is 7.81. The molecule has 0 aliphatic carbocycles. The lowest BCUT2D eigenvalue weighted by atomic mass is 10.00. The molecular weight excluding hydrogens is 274 g/mol. The van der Waals surface area contributed by atoms with Gasteiger partial charge in [0.15, 0.2) is 0 Å². The van der Waals surface area contributed by atoms with Crippen LogP contribution in [0.3, 0.4) is 0 Å². The Morgan fingerprint density at radius 3 is 2.36 bits per heavy atom. The Bertz CT molecular complexity index is 629. The zero-order chi connectivity index (χ0) is 16.3. The molecule has 2 aromatic rings. The Morgan fingerprint density at radius 1 is 1.23 bits per heavy atom. The minimum Gasteiger partial charge on any atom is -0.347 e. The maximum Gasteiger partial charge on any atom is 0.246 e. The van der Waals surface area contributed by atoms with Crippen molar-refractivity contribution in [3.05, 3.63) is 42.1 Å². The lowest BCUT2D eigenvalue weighted by molar-refractivity contribution is -0.132. The summed E-state index contributed by atoms with van der Waals surface area (Å²) in [6, 6.07) is 9.91. The summed E-state index contributed by atoms with van der Waals surface area (Å²) in [6.07, 6.45) is 2.76. The highest BCUT2D eigenvalue weighted by Crippen LogP contribution is 2.29. The fraction of sp³-hybridized carbons (Fsp3) is 0.444. The molecule has 0 fully saturated rings. The molecule has 0 saturated heterocycles. The van der Waals surface area contributed by atoms with Crippen molar-refractivity contribution < 1.29 is 4.79 Å². The molecule has 1 amide bonds. The van der Waals surface area contributed by atoms with Crippen LogP contribution in [-0.4, -0.2) is 34.7 Å². The Balaban J connectivity index is 2.49. The highest BCUT2D eigenvalue weighted by Gasteiger charge is 2.24. The Kier molecular flexibility index (Phi) is 5.01. The van der Waals surface area contributed by atoms with Gasteiger partial charge in [0.25, 0.3) is 0 Å². The molecule has 0 aliphatic heterocycles. The SMILES string of the molecule is CC[C@@H](C(=O)N(C)C)n1cc(C(C)C)c(-c2ccccc2)n1. The molecule has 4 nitrogen and oxygen atoms in total. The van der Waals surface area contributed by atoms with Crippen molar-refractivity contribution in [2.75, 3.05) is 14.1 Å². The third-order valence-electron chi connectivity index (χ3n) is 3.86. The largest absolute Gasteiger partial charge is 0.347 e. The Morgan fingerprint density at radius 2 is 1.86 bits per heavy atom. The first kappa shape index (κ1) is 16.3. The number of hydrogen-bond donors (Lipinski definition) is 0. The molecule has 0 aliphatic rings. The van der Waals surface area contributed by atoms with Crippen LogP contribution in [0.15, 0.2) is 36.5 Å². The molecule has 1 heterocycles. The second kappa shape index (κ2) is 6.77. The second-order valence-corrected chi connectivity index (χ2v) is 6.09. The van der Waals surface area contributed by atoms with E-state index in [1.165, 1.54) is 5.56 Å². The number of hydrogen-bond acceptors (Lipinski definition) is 2. The Labute approximate surface area is 132 Å². The van der Waals surface area contributed by atoms with Crippen LogP contribution >= 0.6 is 0 Å². The molecule has 0 N–H and O–H groups in total. The van der Waals surface area contributed by atoms with E-state index >= 15 is 0 Å². The molecule has 0 saturated carbocycles. The normalized spacial score (nSPS) is 12.5. The number of carbonyl (C=O) groups excluding carboxylic acids is 1. The lowest BCUT2D eigenvalue weighted by Crippen LogP contribution is -2.31. The molecule has 4 heteroatoms. The molecule has 0 bridgehead atoms. The van der Waals surface area contributed by atoms with Crippen molar-refractivity contribution >= 4 is 5.91 Å². The lowest BCUT2D eigenvalue weighted by Gasteiger charge is -2.19. The summed E-state index contributed by atoms with van der Waals surface area (Å²) in [5.41, 5.74) is 3.24. The van der Waals surface area contributed by atoms with E-state index in [4.69, 9.17) is 5.10 Å². The second-order valence-electron chi connectivity index (χ2n) is 6.09. The van der Waals surface area contributed by atoms with E-state index < -0.39 is 0 Å². The van der Waals surface area contributed by atoms with Gasteiger partial charge >= 0.3 is 0 Å². The van der Waals surface area contributed by atoms with Crippen LogP contribution in [0, 0.1) is 0 Å². The minimum atomic E-state index is -0.245. The van der Waals surface area contributed by atoms with Gasteiger partial charge < -0.3 is 4.90 Å². The quantitative estimate of drug-likeness (QED) is 0.844. The number of rotatable bonds is 5. The summed E-state index contributed by atoms with van der Waals surface area (Å²) in [4.78, 5) is 14.0. The third-order valence-corrected chi connectivity index (χ3v) is 3.86. The maximum absolute atomic E-state index is 12.4. The summed E-state index contributed by atoms with van der Waals surface area (Å²) in [6.45, 7) is 6.33. The van der Waals surface area contributed by atoms with Gasteiger partial charge in [0.1, 0.15) is 6.04 Å². The smallest absolute Gasteiger partial charge is 0.246 e. The van der Waals surface area contributed by atoms with E-state index in [1.54, 1.807) is 19.0 Å². The maximum atomic E-state index is 12.4. The summed E-state index contributed by atoms with van der Waals surface area (Å²) in [5, 5.41) is 4.75. The van der Waals surface area contributed by atoms with Gasteiger partial charge in [-0.25, -0.2) is 0 Å². The number of carbonyl (C=O) groups is 1. The van der Waals surface area contributed by atoms with E-state index in [9.17, 15) is 4.79 Å². The van der Waals surface area contributed by atoms with Gasteiger partial charge in [-0.3, -0.25) is 9.48 Å². The molecule has 1 aromatic heterocycles. The van der Waals surface area contributed by atoms with Crippen LogP contribution in [0.4, 0.5) is 0 Å². The van der Waals surface area contributed by atoms with Gasteiger partial charge in [-0.05, 0) is 12.3 Å². The number of amides is 1. The van der Waals surface area contributed by atoms with Crippen molar-refractivity contribution in [1.29, 1.82) is 0 Å². The van der Waals surface area contributed by atoms with Crippen molar-refractivity contribution in [3.8, 4) is 11.3 Å². The molecule has 2 rings (SSSR count). The molecule has 0 unspecified atom stereocenters. The highest BCUT2D eigenvalue weighted by molar-refractivity contribution is 5.80. The topological polar surface area (TPSA) is 38.1 Å². The van der Waals surface area contributed by atoms with E-state index in [-0.39, 0.29) is 11.9 Å². The molecule has 1 atom stereocenters. The molecule has 0 radical (unpaired) electrons. The monoisotopic (exact) mass is 299 g/mol. The van der Waals surface area contributed by atoms with Crippen LogP contribution in [0.1, 0.15) is 44.7 Å². The first-order valence-electron chi connectivity index (χ1n) is 7.81. The molecule has 22 heavy (non-hydrogen) atoms. The minimum absolute atomic E-state index is 0.0833. The number of likely N-dealkylation sites (N-methyl/N-ethyl adjacent to an activating group) is 1. The van der Waals surface area contributed by atoms with Gasteiger partial charge in [0, 0.05) is 31.4 Å². The third kappa shape index (κ3) is 3.21. The van der Waals surface area contributed by atoms with Gasteiger partial charge in [0.05, 0.1) is 5.69 Å². The zero-order valence-electron chi connectivity index (χ0n) is 14.1. The number of aromatic nitrogens is 2. The predicted molar refractivity (Wildman–Crippen MR) is 89.8 cm³/mol. The van der Waals surface area contributed by atoms with Crippen LogP contribution in [-0.2, 0) is 4.79 Å². The fourth-order valence-electron chi connectivity index (χ4n) is 2.58. The van der Waals surface area contributed by atoms with Crippen molar-refractivity contribution in [3.63, 3.8) is 0 Å². The molecule has 0 spiro atoms. The van der Waals surface area contributed by atoms with Crippen molar-refractivity contribution in [2.45, 2.75) is 39.2 Å². The van der Waals surface area contributed by atoms with E-state index in [0.717, 1.165) is 17.7 Å². The molecular formula is C18H25N3O. The summed E-state index contributed by atoms with van der Waals surface area (Å²) < 4.78 is 1.83. The van der Waals surface area contributed by atoms with E-state index in [1.807, 2.05) is 36.0 Å². The van der Waals surface area contributed by atoms with E-state index in [2.05, 4.69) is 26.0 Å². The predicted octanol–water partition coefficient (Wildman–Crippen LogP) is 3.71. The average molecular weight is 299 g/mol. The van der Waals surface area contributed by atoms with Crippen molar-refractivity contribution in [1.82, 2.24) is 14.7 Å². The van der Waals surface area contributed by atoms with Crippen LogP contribution in [0.25, 0.3) is 11.3 Å². The molecule has 1 aromatic carbocycles. The summed E-state index contributed by atoms with van der Waals surface area (Å²) in [7, 11) is 3.58. The van der Waals surface area contributed by atoms with Crippen LogP contribution in [0.5, 0.6) is 0 Å². The van der Waals surface area contributed by atoms with E-state index in [0.29, 0.717) is 5.92 Å². The Hall–Kier alpha value is -2.10. The average Bonchev–Trinajstić information content (AvgIpc) is 2.94. The highest BCUT2D eigenvalue weighted by atomic mass is 16.2. The van der Waals surface area contributed by atoms with Gasteiger partial charge in [-0.1, -0.05) is 51.1 Å². The number of nitrogens with zero attached hydrogens (tertiary/aromatic N) is 3. The van der Waals surface area contributed by atoms with Gasteiger partial charge in [-0.15, -0.1) is 0 Å². The first-order chi connectivity index (χ1) is 10.5. The fourth-order valence-corrected chi connectivity index (χ4v) is 2.58. The van der Waals surface area contributed by atoms with Gasteiger partial charge in [-0.2, -0.15) is 5.10 Å². The zero-order valence-corrected chi connectivity index (χ0v) is 14.1.